The summed E-state index contributed by atoms with van der Waals surface area (Å²) in [5.41, 5.74) is 4.71. The molecule has 0 aliphatic heterocycles. The van der Waals surface area contributed by atoms with Crippen LogP contribution in [0.25, 0.3) is 0 Å². The van der Waals surface area contributed by atoms with Crippen LogP contribution in [-0.2, 0) is 33.4 Å². The maximum atomic E-state index is 9.34. The molecule has 0 spiro atoms. The van der Waals surface area contributed by atoms with Crippen molar-refractivity contribution >= 4 is 39.6 Å². The SMILES string of the molecule is NC(=S)S.O=S(=O)(O)[O][Mo]. The molecule has 0 saturated heterocycles. The summed E-state index contributed by atoms with van der Waals surface area (Å²) < 4.78 is 29.9. The minimum absolute atomic E-state index is 0.194. The Morgan fingerprint density at radius 2 is 1.90 bits per heavy atom. The van der Waals surface area contributed by atoms with E-state index >= 15 is 0 Å². The molecule has 0 fully saturated rings. The van der Waals surface area contributed by atoms with Gasteiger partial charge in [-0.25, -0.2) is 0 Å². The van der Waals surface area contributed by atoms with Crippen molar-refractivity contribution in [3.63, 3.8) is 0 Å². The van der Waals surface area contributed by atoms with Crippen molar-refractivity contribution in [2.45, 2.75) is 0 Å². The minimum atomic E-state index is -4.16. The third-order valence-corrected chi connectivity index (χ3v) is 1.53. The molecule has 10 heavy (non-hydrogen) atoms. The van der Waals surface area contributed by atoms with Crippen LogP contribution in [0, 0.1) is 0 Å². The van der Waals surface area contributed by atoms with Gasteiger partial charge in [-0.15, -0.1) is 12.6 Å². The number of hydrogen-bond donors (Lipinski definition) is 3. The van der Waals surface area contributed by atoms with E-state index < -0.39 is 10.4 Å². The van der Waals surface area contributed by atoms with E-state index in [1.165, 1.54) is 0 Å². The normalized spacial score (nSPS) is 9.40. The van der Waals surface area contributed by atoms with Crippen LogP contribution in [0.15, 0.2) is 0 Å². The van der Waals surface area contributed by atoms with Crippen molar-refractivity contribution in [3.8, 4) is 0 Å². The third kappa shape index (κ3) is 37.1. The first-order chi connectivity index (χ1) is 4.29. The monoisotopic (exact) mass is 288 g/mol. The Kier molecular flexibility index (Phi) is 8.71. The topological polar surface area (TPSA) is 89.6 Å². The molecule has 5 nitrogen and oxygen atoms in total. The molecule has 0 unspecified atom stereocenters. The summed E-state index contributed by atoms with van der Waals surface area (Å²) in [6.45, 7) is 0. The summed E-state index contributed by atoms with van der Waals surface area (Å²) in [4.78, 5) is 0. The van der Waals surface area contributed by atoms with Crippen LogP contribution in [-0.4, -0.2) is 17.3 Å². The van der Waals surface area contributed by atoms with E-state index in [1.807, 2.05) is 0 Å². The van der Waals surface area contributed by atoms with E-state index in [-0.39, 0.29) is 4.32 Å². The summed E-state index contributed by atoms with van der Waals surface area (Å²) in [5.74, 6) is 0. The molecule has 0 bridgehead atoms. The molecular formula is CH4MoNO4S3. The molecule has 0 saturated carbocycles. The average Bonchev–Trinajstić information content (AvgIpc) is 1.63. The van der Waals surface area contributed by atoms with Crippen molar-refractivity contribution in [2.24, 2.45) is 5.73 Å². The molecule has 0 aromatic carbocycles. The summed E-state index contributed by atoms with van der Waals surface area (Å²) in [6.07, 6.45) is 0. The van der Waals surface area contributed by atoms with Crippen molar-refractivity contribution in [3.05, 3.63) is 0 Å². The summed E-state index contributed by atoms with van der Waals surface area (Å²) in [6, 6.07) is 0. The van der Waals surface area contributed by atoms with Crippen LogP contribution < -0.4 is 5.73 Å². The summed E-state index contributed by atoms with van der Waals surface area (Å²) in [7, 11) is -4.16. The summed E-state index contributed by atoms with van der Waals surface area (Å²) in [5, 5.41) is 0. The van der Waals surface area contributed by atoms with Crippen LogP contribution in [0.5, 0.6) is 0 Å². The van der Waals surface area contributed by atoms with Gasteiger partial charge in [-0.05, 0) is 0 Å². The van der Waals surface area contributed by atoms with Crippen molar-refractivity contribution in [1.29, 1.82) is 0 Å². The average molecular weight is 286 g/mol. The molecule has 0 aliphatic rings. The molecule has 0 aromatic heterocycles. The standard InChI is InChI=1S/CH3NS2.Mo.H2O4S/c2-1(3)4;;1-5(2,3)4/h(H3,2,3,4);;(H2,1,2,3,4)/q;+1;/p-1. The van der Waals surface area contributed by atoms with Gasteiger partial charge in [0.2, 0.25) is 0 Å². The second-order valence-corrected chi connectivity index (χ2v) is 4.05. The van der Waals surface area contributed by atoms with Gasteiger partial charge in [0.1, 0.15) is 4.32 Å². The number of hydrogen-bond acceptors (Lipinski definition) is 4. The molecule has 61 valence electrons. The Bertz CT molecular complexity index is 183. The second kappa shape index (κ2) is 6.50. The Hall–Kier alpha value is 0.798. The van der Waals surface area contributed by atoms with Crippen LogP contribution in [0.2, 0.25) is 0 Å². The van der Waals surface area contributed by atoms with E-state index in [9.17, 15) is 8.42 Å². The van der Waals surface area contributed by atoms with Crippen LogP contribution in [0.1, 0.15) is 0 Å². The van der Waals surface area contributed by atoms with Gasteiger partial charge in [-0.3, -0.25) is 0 Å². The fourth-order valence-electron chi connectivity index (χ4n) is 0. The fourth-order valence-corrected chi connectivity index (χ4v) is 0. The Morgan fingerprint density at radius 1 is 1.80 bits per heavy atom. The van der Waals surface area contributed by atoms with Gasteiger partial charge in [0.05, 0.1) is 0 Å². The molecule has 9 heteroatoms. The van der Waals surface area contributed by atoms with Crippen molar-refractivity contribution in [1.82, 2.24) is 0 Å². The first-order valence-electron chi connectivity index (χ1n) is 1.57. The zero-order chi connectivity index (χ0) is 8.78. The molecule has 3 N–H and O–H groups in total. The molecule has 0 aliphatic carbocycles. The van der Waals surface area contributed by atoms with Gasteiger partial charge in [0.15, 0.2) is 0 Å². The zero-order valence-electron chi connectivity index (χ0n) is 4.42. The first-order valence-corrected chi connectivity index (χ1v) is 4.61. The van der Waals surface area contributed by atoms with E-state index in [4.69, 9.17) is 10.3 Å². The zero-order valence-corrected chi connectivity index (χ0v) is 8.96. The molecule has 0 aromatic rings. The second-order valence-electron chi connectivity index (χ2n) is 0.834. The molecule has 0 radical (unpaired) electrons. The van der Waals surface area contributed by atoms with Crippen LogP contribution >= 0.6 is 24.8 Å². The Balaban J connectivity index is 0. The third-order valence-electron chi connectivity index (χ3n) is 0.0860. The predicted octanol–water partition coefficient (Wildman–Crippen LogP) is -0.573. The Morgan fingerprint density at radius 3 is 1.90 bits per heavy atom. The number of nitrogens with two attached hydrogens (primary N) is 1. The van der Waals surface area contributed by atoms with E-state index in [0.29, 0.717) is 0 Å². The van der Waals surface area contributed by atoms with Gasteiger partial charge in [-0.2, -0.15) is 0 Å². The molecular weight excluding hydrogens is 282 g/mol. The van der Waals surface area contributed by atoms with E-state index in [1.54, 1.807) is 0 Å². The van der Waals surface area contributed by atoms with E-state index in [2.05, 4.69) is 27.7 Å². The maximum absolute atomic E-state index is 9.34. The van der Waals surface area contributed by atoms with Gasteiger partial charge >= 0.3 is 46.4 Å². The number of thiol groups is 1. The predicted molar refractivity (Wildman–Crippen MR) is 38.4 cm³/mol. The van der Waals surface area contributed by atoms with Gasteiger partial charge in [0, 0.05) is 0 Å². The van der Waals surface area contributed by atoms with Gasteiger partial charge < -0.3 is 5.73 Å². The number of rotatable bonds is 1. The number of thiocarbonyl (C=S) groups is 1. The van der Waals surface area contributed by atoms with Crippen molar-refractivity contribution in [2.75, 3.05) is 0 Å². The van der Waals surface area contributed by atoms with Crippen molar-refractivity contribution < 1.29 is 36.0 Å². The first kappa shape index (κ1) is 13.4. The van der Waals surface area contributed by atoms with Crippen LogP contribution in [0.3, 0.4) is 0 Å². The van der Waals surface area contributed by atoms with Gasteiger partial charge in [0.25, 0.3) is 0 Å². The fraction of sp³-hybridized carbons (Fsp3) is 0. The van der Waals surface area contributed by atoms with E-state index in [0.717, 1.165) is 20.2 Å². The van der Waals surface area contributed by atoms with Gasteiger partial charge in [-0.1, -0.05) is 12.2 Å². The molecule has 0 amide bonds. The van der Waals surface area contributed by atoms with Crippen LogP contribution in [0.4, 0.5) is 0 Å². The quantitative estimate of drug-likeness (QED) is 0.259. The molecule has 0 rings (SSSR count). The summed E-state index contributed by atoms with van der Waals surface area (Å²) >= 11 is 8.46. The Labute approximate surface area is 81.0 Å². The molecule has 0 heterocycles. The molecule has 0 atom stereocenters.